The standard InChI is InChI=1S/C28H35N3O5/c1-3-5-16-29(17-6-4-2)18-11-19-30-25(21-12-8-7-9-13-21)24(27(33)28(30)34)26(32)22-14-10-15-23(20-22)31(35)36/h7-10,12-15,20,25,32H,3-6,11,16-19H2,1-2H3/t25-/m1/s1. The van der Waals surface area contributed by atoms with Gasteiger partial charge in [-0.3, -0.25) is 19.7 Å². The number of amides is 1. The van der Waals surface area contributed by atoms with Crippen molar-refractivity contribution in [2.75, 3.05) is 26.2 Å². The minimum atomic E-state index is -0.776. The van der Waals surface area contributed by atoms with E-state index < -0.39 is 28.4 Å². The van der Waals surface area contributed by atoms with Crippen LogP contribution in [0.5, 0.6) is 0 Å². The molecule has 8 heteroatoms. The third-order valence-corrected chi connectivity index (χ3v) is 6.51. The molecule has 2 aromatic rings. The van der Waals surface area contributed by atoms with Crippen molar-refractivity contribution >= 4 is 23.1 Å². The first-order valence-corrected chi connectivity index (χ1v) is 12.7. The molecule has 1 saturated heterocycles. The predicted octanol–water partition coefficient (Wildman–Crippen LogP) is 5.31. The number of Topliss-reactive ketones (excluding diaryl/α,β-unsaturated/α-hetero) is 1. The SMILES string of the molecule is CCCCN(CCCC)CCCN1C(=O)C(=O)C(=C(O)c2cccc([N+](=O)[O-])c2)[C@H]1c1ccccc1. The summed E-state index contributed by atoms with van der Waals surface area (Å²) < 4.78 is 0. The average Bonchev–Trinajstić information content (AvgIpc) is 3.15. The molecule has 0 aromatic heterocycles. The van der Waals surface area contributed by atoms with E-state index in [4.69, 9.17) is 0 Å². The molecule has 1 atom stereocenters. The van der Waals surface area contributed by atoms with Crippen molar-refractivity contribution < 1.29 is 19.6 Å². The Hall–Kier alpha value is -3.52. The fourth-order valence-electron chi connectivity index (χ4n) is 4.58. The Morgan fingerprint density at radius 1 is 0.972 bits per heavy atom. The van der Waals surface area contributed by atoms with Crippen LogP contribution in [0, 0.1) is 10.1 Å². The van der Waals surface area contributed by atoms with Gasteiger partial charge in [-0.05, 0) is 44.5 Å². The summed E-state index contributed by atoms with van der Waals surface area (Å²) in [5, 5.41) is 22.4. The van der Waals surface area contributed by atoms with Crippen LogP contribution in [0.1, 0.15) is 63.1 Å². The number of unbranched alkanes of at least 4 members (excludes halogenated alkanes) is 2. The Bertz CT molecular complexity index is 1090. The van der Waals surface area contributed by atoms with Crippen molar-refractivity contribution in [3.05, 3.63) is 81.4 Å². The molecule has 0 aliphatic carbocycles. The lowest BCUT2D eigenvalue weighted by Gasteiger charge is -2.27. The van der Waals surface area contributed by atoms with E-state index in [1.54, 1.807) is 0 Å². The smallest absolute Gasteiger partial charge is 0.295 e. The van der Waals surface area contributed by atoms with Gasteiger partial charge in [0.05, 0.1) is 16.5 Å². The van der Waals surface area contributed by atoms with E-state index >= 15 is 0 Å². The predicted molar refractivity (Wildman–Crippen MR) is 139 cm³/mol. The number of hydrogen-bond acceptors (Lipinski definition) is 6. The van der Waals surface area contributed by atoms with E-state index in [2.05, 4.69) is 18.7 Å². The summed E-state index contributed by atoms with van der Waals surface area (Å²) in [7, 11) is 0. The Kier molecular flexibility index (Phi) is 9.76. The summed E-state index contributed by atoms with van der Waals surface area (Å²) in [6.45, 7) is 7.52. The van der Waals surface area contributed by atoms with Crippen LogP contribution in [0.25, 0.3) is 5.76 Å². The zero-order chi connectivity index (χ0) is 26.1. The van der Waals surface area contributed by atoms with Crippen LogP contribution in [0.2, 0.25) is 0 Å². The molecule has 36 heavy (non-hydrogen) atoms. The molecule has 1 fully saturated rings. The minimum Gasteiger partial charge on any atom is -0.507 e. The Balaban J connectivity index is 1.92. The number of aliphatic hydroxyl groups excluding tert-OH is 1. The highest BCUT2D eigenvalue weighted by Crippen LogP contribution is 2.39. The summed E-state index contributed by atoms with van der Waals surface area (Å²) in [6.07, 6.45) is 5.15. The lowest BCUT2D eigenvalue weighted by molar-refractivity contribution is -0.384. The van der Waals surface area contributed by atoms with E-state index in [0.29, 0.717) is 18.5 Å². The summed E-state index contributed by atoms with van der Waals surface area (Å²) in [5.41, 5.74) is 0.593. The van der Waals surface area contributed by atoms with Crippen LogP contribution >= 0.6 is 0 Å². The Labute approximate surface area is 212 Å². The quantitative estimate of drug-likeness (QED) is 0.133. The lowest BCUT2D eigenvalue weighted by Crippen LogP contribution is -2.34. The molecule has 0 bridgehead atoms. The maximum atomic E-state index is 13.2. The minimum absolute atomic E-state index is 0.0412. The van der Waals surface area contributed by atoms with Crippen LogP contribution in [0.4, 0.5) is 5.69 Å². The number of nitro groups is 1. The molecule has 0 unspecified atom stereocenters. The number of aliphatic hydroxyl groups is 1. The third-order valence-electron chi connectivity index (χ3n) is 6.51. The second-order valence-electron chi connectivity index (χ2n) is 9.11. The van der Waals surface area contributed by atoms with Crippen molar-refractivity contribution in [1.29, 1.82) is 0 Å². The highest BCUT2D eigenvalue weighted by Gasteiger charge is 2.45. The molecule has 0 radical (unpaired) electrons. The number of carbonyl (C=O) groups excluding carboxylic acids is 2. The summed E-state index contributed by atoms with van der Waals surface area (Å²) in [4.78, 5) is 40.9. The fraction of sp³-hybridized carbons (Fsp3) is 0.429. The molecule has 2 aromatic carbocycles. The molecule has 1 aliphatic rings. The normalized spacial score (nSPS) is 17.2. The van der Waals surface area contributed by atoms with E-state index in [1.165, 1.54) is 29.2 Å². The van der Waals surface area contributed by atoms with Gasteiger partial charge in [0.1, 0.15) is 5.76 Å². The van der Waals surface area contributed by atoms with Gasteiger partial charge >= 0.3 is 0 Å². The number of ketones is 1. The number of nitro benzene ring substituents is 1. The van der Waals surface area contributed by atoms with E-state index in [9.17, 15) is 24.8 Å². The first-order valence-electron chi connectivity index (χ1n) is 12.7. The molecule has 1 N–H and O–H groups in total. The van der Waals surface area contributed by atoms with Crippen LogP contribution in [0.3, 0.4) is 0 Å². The van der Waals surface area contributed by atoms with Gasteiger partial charge < -0.3 is 14.9 Å². The van der Waals surface area contributed by atoms with Crippen LogP contribution in [0.15, 0.2) is 60.2 Å². The van der Waals surface area contributed by atoms with Gasteiger partial charge in [0.25, 0.3) is 17.4 Å². The first-order chi connectivity index (χ1) is 17.4. The van der Waals surface area contributed by atoms with E-state index in [-0.39, 0.29) is 16.8 Å². The molecule has 192 valence electrons. The van der Waals surface area contributed by atoms with Crippen molar-refractivity contribution in [2.45, 2.75) is 52.0 Å². The molecule has 1 amide bonds. The zero-order valence-electron chi connectivity index (χ0n) is 21.1. The number of nitrogens with zero attached hydrogens (tertiary/aromatic N) is 3. The monoisotopic (exact) mass is 493 g/mol. The molecular weight excluding hydrogens is 458 g/mol. The maximum absolute atomic E-state index is 13.2. The van der Waals surface area contributed by atoms with Gasteiger partial charge in [0.2, 0.25) is 0 Å². The maximum Gasteiger partial charge on any atom is 0.295 e. The summed E-state index contributed by atoms with van der Waals surface area (Å²) >= 11 is 0. The van der Waals surface area contributed by atoms with Crippen LogP contribution in [-0.4, -0.2) is 57.7 Å². The van der Waals surface area contributed by atoms with Crippen molar-refractivity contribution in [1.82, 2.24) is 9.80 Å². The van der Waals surface area contributed by atoms with Gasteiger partial charge in [-0.25, -0.2) is 0 Å². The summed E-state index contributed by atoms with van der Waals surface area (Å²) in [6, 6.07) is 13.8. The second-order valence-corrected chi connectivity index (χ2v) is 9.11. The topological polar surface area (TPSA) is 104 Å². The molecular formula is C28H35N3O5. The molecule has 1 heterocycles. The molecule has 3 rings (SSSR count). The van der Waals surface area contributed by atoms with Crippen LogP contribution < -0.4 is 0 Å². The van der Waals surface area contributed by atoms with Gasteiger partial charge in [-0.15, -0.1) is 0 Å². The van der Waals surface area contributed by atoms with Gasteiger partial charge in [0.15, 0.2) is 0 Å². The van der Waals surface area contributed by atoms with Gasteiger partial charge in [-0.1, -0.05) is 69.2 Å². The Morgan fingerprint density at radius 3 is 2.22 bits per heavy atom. The number of benzene rings is 2. The van der Waals surface area contributed by atoms with Gasteiger partial charge in [-0.2, -0.15) is 0 Å². The largest absolute Gasteiger partial charge is 0.507 e. The van der Waals surface area contributed by atoms with Gasteiger partial charge in [0, 0.05) is 24.2 Å². The molecule has 0 saturated carbocycles. The highest BCUT2D eigenvalue weighted by atomic mass is 16.6. The first kappa shape index (κ1) is 27.1. The third kappa shape index (κ3) is 6.37. The van der Waals surface area contributed by atoms with Crippen LogP contribution in [-0.2, 0) is 9.59 Å². The van der Waals surface area contributed by atoms with E-state index in [1.807, 2.05) is 30.3 Å². The fourth-order valence-corrected chi connectivity index (χ4v) is 4.58. The van der Waals surface area contributed by atoms with Crippen molar-refractivity contribution in [2.24, 2.45) is 0 Å². The number of non-ortho nitro benzene ring substituents is 1. The lowest BCUT2D eigenvalue weighted by atomic mass is 9.95. The van der Waals surface area contributed by atoms with Crippen molar-refractivity contribution in [3.63, 3.8) is 0 Å². The Morgan fingerprint density at radius 2 is 1.61 bits per heavy atom. The zero-order valence-corrected chi connectivity index (χ0v) is 21.1. The molecule has 1 aliphatic heterocycles. The second kappa shape index (κ2) is 13.0. The molecule has 0 spiro atoms. The number of carbonyl (C=O) groups is 2. The number of hydrogen-bond donors (Lipinski definition) is 1. The number of likely N-dealkylation sites (tertiary alicyclic amines) is 1. The van der Waals surface area contributed by atoms with Crippen molar-refractivity contribution in [3.8, 4) is 0 Å². The average molecular weight is 494 g/mol. The van der Waals surface area contributed by atoms with E-state index in [0.717, 1.165) is 45.3 Å². The number of rotatable bonds is 13. The molecule has 8 nitrogen and oxygen atoms in total. The highest BCUT2D eigenvalue weighted by molar-refractivity contribution is 6.46. The summed E-state index contributed by atoms with van der Waals surface area (Å²) in [5.74, 6) is -1.84.